The maximum Gasteiger partial charge on any atom is 0.228 e. The minimum Gasteiger partial charge on any atom is -0.326 e. The number of nitrogens with two attached hydrogens (primary N) is 1. The topological polar surface area (TPSA) is 46.3 Å². The number of hydrogen-bond acceptors (Lipinski definition) is 2. The molecule has 0 saturated carbocycles. The van der Waals surface area contributed by atoms with E-state index in [-0.39, 0.29) is 11.9 Å². The van der Waals surface area contributed by atoms with Gasteiger partial charge in [-0.3, -0.25) is 4.79 Å². The smallest absolute Gasteiger partial charge is 0.228 e. The number of halogens is 2. The van der Waals surface area contributed by atoms with E-state index < -0.39 is 0 Å². The molecule has 2 N–H and O–H groups in total. The van der Waals surface area contributed by atoms with Crippen LogP contribution < -0.4 is 10.6 Å². The summed E-state index contributed by atoms with van der Waals surface area (Å²) in [4.78, 5) is 13.3. The number of hydrogen-bond donors (Lipinski definition) is 1. The highest BCUT2D eigenvalue weighted by molar-refractivity contribution is 9.10. The fourth-order valence-corrected chi connectivity index (χ4v) is 2.12. The van der Waals surface area contributed by atoms with Crippen molar-refractivity contribution < 1.29 is 4.79 Å². The average Bonchev–Trinajstić information content (AvgIpc) is 2.50. The molecule has 1 aliphatic heterocycles. The Morgan fingerprint density at radius 3 is 2.80 bits per heavy atom. The molecule has 0 bridgehead atoms. The van der Waals surface area contributed by atoms with E-state index in [4.69, 9.17) is 17.3 Å². The van der Waals surface area contributed by atoms with Crippen molar-refractivity contribution >= 4 is 39.1 Å². The molecular formula is C10H10BrClN2O. The summed E-state index contributed by atoms with van der Waals surface area (Å²) in [5.41, 5.74) is 6.56. The van der Waals surface area contributed by atoms with Crippen LogP contribution in [0.4, 0.5) is 5.69 Å². The molecule has 1 fully saturated rings. The van der Waals surface area contributed by atoms with Crippen LogP contribution in [0.1, 0.15) is 6.42 Å². The van der Waals surface area contributed by atoms with Crippen molar-refractivity contribution in [3.05, 3.63) is 27.7 Å². The predicted molar refractivity (Wildman–Crippen MR) is 64.1 cm³/mol. The minimum absolute atomic E-state index is 0.0630. The van der Waals surface area contributed by atoms with Gasteiger partial charge in [0, 0.05) is 29.2 Å². The molecule has 1 amide bonds. The number of anilines is 1. The van der Waals surface area contributed by atoms with Crippen molar-refractivity contribution in [1.82, 2.24) is 0 Å². The Kier molecular flexibility index (Phi) is 3.00. The molecule has 1 saturated heterocycles. The Morgan fingerprint density at radius 2 is 2.27 bits per heavy atom. The molecule has 5 heteroatoms. The second kappa shape index (κ2) is 4.12. The molecule has 3 nitrogen and oxygen atoms in total. The number of benzene rings is 1. The molecule has 1 heterocycles. The van der Waals surface area contributed by atoms with E-state index in [1.165, 1.54) is 0 Å². The van der Waals surface area contributed by atoms with Crippen molar-refractivity contribution in [1.29, 1.82) is 0 Å². The lowest BCUT2D eigenvalue weighted by molar-refractivity contribution is -0.117. The van der Waals surface area contributed by atoms with Gasteiger partial charge in [-0.15, -0.1) is 0 Å². The highest BCUT2D eigenvalue weighted by Crippen LogP contribution is 2.29. The third kappa shape index (κ3) is 2.17. The molecule has 0 aromatic heterocycles. The zero-order chi connectivity index (χ0) is 11.0. The second-order valence-corrected chi connectivity index (χ2v) is 4.83. The van der Waals surface area contributed by atoms with Crippen LogP contribution in [-0.2, 0) is 4.79 Å². The molecule has 2 rings (SSSR count). The highest BCUT2D eigenvalue weighted by atomic mass is 79.9. The number of amides is 1. The van der Waals surface area contributed by atoms with Crippen LogP contribution in [0.15, 0.2) is 22.7 Å². The molecule has 1 atom stereocenters. The molecule has 1 aliphatic rings. The lowest BCUT2D eigenvalue weighted by atomic mass is 10.3. The summed E-state index contributed by atoms with van der Waals surface area (Å²) >= 11 is 9.20. The normalized spacial score (nSPS) is 21.1. The summed E-state index contributed by atoms with van der Waals surface area (Å²) in [5, 5.41) is 0.634. The molecule has 0 spiro atoms. The maximum atomic E-state index is 11.6. The Morgan fingerprint density at radius 1 is 1.53 bits per heavy atom. The Labute approximate surface area is 101 Å². The number of nitrogens with zero attached hydrogens (tertiary/aromatic N) is 1. The van der Waals surface area contributed by atoms with Crippen LogP contribution in [0.25, 0.3) is 0 Å². The van der Waals surface area contributed by atoms with Gasteiger partial charge in [-0.25, -0.2) is 0 Å². The van der Waals surface area contributed by atoms with Gasteiger partial charge in [0.1, 0.15) is 0 Å². The van der Waals surface area contributed by atoms with Crippen molar-refractivity contribution in [2.75, 3.05) is 11.4 Å². The largest absolute Gasteiger partial charge is 0.326 e. The van der Waals surface area contributed by atoms with Gasteiger partial charge in [-0.2, -0.15) is 0 Å². The molecule has 0 aliphatic carbocycles. The van der Waals surface area contributed by atoms with Gasteiger partial charge in [-0.1, -0.05) is 11.6 Å². The number of carbonyl (C=O) groups excluding carboxylic acids is 1. The summed E-state index contributed by atoms with van der Waals surface area (Å²) in [6, 6.07) is 5.35. The summed E-state index contributed by atoms with van der Waals surface area (Å²) < 4.78 is 0.787. The molecule has 1 unspecified atom stereocenters. The van der Waals surface area contributed by atoms with E-state index in [1.54, 1.807) is 11.0 Å². The lowest BCUT2D eigenvalue weighted by Gasteiger charge is -2.16. The molecule has 1 aromatic carbocycles. The van der Waals surface area contributed by atoms with Crippen LogP contribution in [0.2, 0.25) is 5.02 Å². The fourth-order valence-electron chi connectivity index (χ4n) is 1.64. The Hall–Kier alpha value is -0.580. The van der Waals surface area contributed by atoms with Crippen LogP contribution in [-0.4, -0.2) is 18.5 Å². The van der Waals surface area contributed by atoms with Crippen molar-refractivity contribution in [3.8, 4) is 0 Å². The fraction of sp³-hybridized carbons (Fsp3) is 0.300. The quantitative estimate of drug-likeness (QED) is 0.861. The summed E-state index contributed by atoms with van der Waals surface area (Å²) in [6.07, 6.45) is 0.417. The van der Waals surface area contributed by atoms with E-state index in [9.17, 15) is 4.79 Å². The Bertz CT molecular complexity index is 410. The first-order chi connectivity index (χ1) is 7.08. The Balaban J connectivity index is 2.30. The van der Waals surface area contributed by atoms with Gasteiger partial charge in [0.25, 0.3) is 0 Å². The molecule has 80 valence electrons. The van der Waals surface area contributed by atoms with Crippen molar-refractivity contribution in [2.24, 2.45) is 5.73 Å². The van der Waals surface area contributed by atoms with E-state index in [0.717, 1.165) is 10.2 Å². The standard InChI is InChI=1S/C10H10BrClN2O/c11-8-4-7(1-2-9(8)12)14-5-6(13)3-10(14)15/h1-2,4,6H,3,5,13H2. The monoisotopic (exact) mass is 288 g/mol. The lowest BCUT2D eigenvalue weighted by Crippen LogP contribution is -2.27. The van der Waals surface area contributed by atoms with Crippen LogP contribution in [0.5, 0.6) is 0 Å². The average molecular weight is 290 g/mol. The maximum absolute atomic E-state index is 11.6. The zero-order valence-corrected chi connectivity index (χ0v) is 10.3. The SMILES string of the molecule is NC1CC(=O)N(c2ccc(Cl)c(Br)c2)C1. The first-order valence-electron chi connectivity index (χ1n) is 4.59. The van der Waals surface area contributed by atoms with Gasteiger partial charge < -0.3 is 10.6 Å². The summed E-state index contributed by atoms with van der Waals surface area (Å²) in [7, 11) is 0. The molecular weight excluding hydrogens is 279 g/mol. The van der Waals surface area contributed by atoms with Crippen molar-refractivity contribution in [3.63, 3.8) is 0 Å². The molecule has 15 heavy (non-hydrogen) atoms. The van der Waals surface area contributed by atoms with E-state index in [2.05, 4.69) is 15.9 Å². The molecule has 1 aromatic rings. The van der Waals surface area contributed by atoms with E-state index in [1.807, 2.05) is 12.1 Å². The summed E-state index contributed by atoms with van der Waals surface area (Å²) in [5.74, 6) is 0.0664. The molecule has 0 radical (unpaired) electrons. The number of rotatable bonds is 1. The first-order valence-corrected chi connectivity index (χ1v) is 5.76. The highest BCUT2D eigenvalue weighted by Gasteiger charge is 2.28. The van der Waals surface area contributed by atoms with Gasteiger partial charge in [0.2, 0.25) is 5.91 Å². The first kappa shape index (κ1) is 10.9. The minimum atomic E-state index is -0.0630. The van der Waals surface area contributed by atoms with Crippen LogP contribution >= 0.6 is 27.5 Å². The van der Waals surface area contributed by atoms with Crippen molar-refractivity contribution in [2.45, 2.75) is 12.5 Å². The predicted octanol–water partition coefficient (Wildman–Crippen LogP) is 2.17. The third-order valence-electron chi connectivity index (χ3n) is 2.37. The van der Waals surface area contributed by atoms with Crippen LogP contribution in [0, 0.1) is 0 Å². The van der Waals surface area contributed by atoms with Crippen LogP contribution in [0.3, 0.4) is 0 Å². The van der Waals surface area contributed by atoms with Gasteiger partial charge in [0.15, 0.2) is 0 Å². The van der Waals surface area contributed by atoms with E-state index in [0.29, 0.717) is 18.0 Å². The van der Waals surface area contributed by atoms with Gasteiger partial charge >= 0.3 is 0 Å². The van der Waals surface area contributed by atoms with Gasteiger partial charge in [0.05, 0.1) is 5.02 Å². The van der Waals surface area contributed by atoms with Gasteiger partial charge in [-0.05, 0) is 34.1 Å². The third-order valence-corrected chi connectivity index (χ3v) is 3.58. The van der Waals surface area contributed by atoms with E-state index >= 15 is 0 Å². The number of carbonyl (C=O) groups is 1. The second-order valence-electron chi connectivity index (χ2n) is 3.57. The zero-order valence-electron chi connectivity index (χ0n) is 7.91. The summed E-state index contributed by atoms with van der Waals surface area (Å²) in [6.45, 7) is 0.576.